The Labute approximate surface area is 110 Å². The molecule has 0 spiro atoms. The molecule has 0 fully saturated rings. The predicted molar refractivity (Wildman–Crippen MR) is 74.0 cm³/mol. The molecule has 0 aliphatic rings. The molecule has 0 radical (unpaired) electrons. The number of anilines is 1. The highest BCUT2D eigenvalue weighted by Crippen LogP contribution is 2.13. The Balaban J connectivity index is 2.06. The van der Waals surface area contributed by atoms with Crippen molar-refractivity contribution < 1.29 is 9.90 Å². The third-order valence-electron chi connectivity index (χ3n) is 2.51. The number of carbonyl (C=O) groups is 1. The number of phenols is 1. The van der Waals surface area contributed by atoms with Gasteiger partial charge < -0.3 is 10.8 Å². The van der Waals surface area contributed by atoms with Crippen molar-refractivity contribution in [2.24, 2.45) is 5.10 Å². The van der Waals surface area contributed by atoms with E-state index in [1.54, 1.807) is 48.5 Å². The first-order valence-corrected chi connectivity index (χ1v) is 5.64. The molecule has 0 bridgehead atoms. The summed E-state index contributed by atoms with van der Waals surface area (Å²) in [6.07, 6.45) is 1.37. The van der Waals surface area contributed by atoms with Gasteiger partial charge in [0.1, 0.15) is 5.75 Å². The molecular weight excluding hydrogens is 242 g/mol. The van der Waals surface area contributed by atoms with E-state index in [1.807, 2.05) is 0 Å². The normalized spacial score (nSPS) is 10.5. The number of nitrogens with one attached hydrogen (secondary N) is 1. The van der Waals surface area contributed by atoms with E-state index in [1.165, 1.54) is 6.21 Å². The molecule has 0 heterocycles. The monoisotopic (exact) mass is 255 g/mol. The van der Waals surface area contributed by atoms with Gasteiger partial charge in [-0.2, -0.15) is 5.10 Å². The minimum Gasteiger partial charge on any atom is -0.507 e. The van der Waals surface area contributed by atoms with Gasteiger partial charge in [-0.25, -0.2) is 5.43 Å². The Kier molecular flexibility index (Phi) is 3.78. The lowest BCUT2D eigenvalue weighted by atomic mass is 10.2. The van der Waals surface area contributed by atoms with E-state index in [4.69, 9.17) is 5.73 Å². The molecule has 1 amide bonds. The second-order valence-corrected chi connectivity index (χ2v) is 3.85. The molecule has 0 aromatic heterocycles. The Morgan fingerprint density at radius 3 is 2.58 bits per heavy atom. The van der Waals surface area contributed by atoms with E-state index in [2.05, 4.69) is 10.5 Å². The molecule has 5 heteroatoms. The molecule has 19 heavy (non-hydrogen) atoms. The van der Waals surface area contributed by atoms with Gasteiger partial charge in [-0.3, -0.25) is 4.79 Å². The van der Waals surface area contributed by atoms with Crippen LogP contribution in [0, 0.1) is 0 Å². The van der Waals surface area contributed by atoms with E-state index >= 15 is 0 Å². The zero-order valence-corrected chi connectivity index (χ0v) is 10.1. The second kappa shape index (κ2) is 5.68. The van der Waals surface area contributed by atoms with E-state index in [0.29, 0.717) is 16.8 Å². The molecule has 5 nitrogen and oxygen atoms in total. The van der Waals surface area contributed by atoms with Gasteiger partial charge in [0, 0.05) is 11.3 Å². The average Bonchev–Trinajstić information content (AvgIpc) is 2.41. The molecule has 0 atom stereocenters. The quantitative estimate of drug-likeness (QED) is 0.443. The first-order valence-electron chi connectivity index (χ1n) is 5.64. The fraction of sp³-hybridized carbons (Fsp3) is 0. The summed E-state index contributed by atoms with van der Waals surface area (Å²) in [6.45, 7) is 0. The number of nitrogen functional groups attached to an aromatic ring is 1. The highest BCUT2D eigenvalue weighted by molar-refractivity contribution is 5.99. The van der Waals surface area contributed by atoms with Crippen LogP contribution in [0.4, 0.5) is 5.69 Å². The number of carbonyl (C=O) groups excluding carboxylic acids is 1. The van der Waals surface area contributed by atoms with Crippen molar-refractivity contribution in [3.8, 4) is 5.75 Å². The molecule has 0 saturated heterocycles. The number of amides is 1. The molecule has 4 N–H and O–H groups in total. The van der Waals surface area contributed by atoms with Gasteiger partial charge in [0.2, 0.25) is 0 Å². The molecule has 2 aromatic carbocycles. The van der Waals surface area contributed by atoms with Crippen molar-refractivity contribution in [2.45, 2.75) is 0 Å². The fourth-order valence-corrected chi connectivity index (χ4v) is 1.52. The first kappa shape index (κ1) is 12.6. The van der Waals surface area contributed by atoms with Crippen molar-refractivity contribution in [1.29, 1.82) is 0 Å². The van der Waals surface area contributed by atoms with Gasteiger partial charge in [0.05, 0.1) is 11.8 Å². The van der Waals surface area contributed by atoms with Gasteiger partial charge >= 0.3 is 0 Å². The van der Waals surface area contributed by atoms with E-state index < -0.39 is 5.91 Å². The number of hydrogen-bond donors (Lipinski definition) is 3. The van der Waals surface area contributed by atoms with E-state index in [0.717, 1.165) is 0 Å². The molecule has 0 unspecified atom stereocenters. The summed E-state index contributed by atoms with van der Waals surface area (Å²) in [5, 5.41) is 13.3. The number of hydrazone groups is 1. The molecule has 0 saturated carbocycles. The molecule has 96 valence electrons. The molecule has 2 aromatic rings. The summed E-state index contributed by atoms with van der Waals surface area (Å²) in [7, 11) is 0. The number of aromatic hydroxyl groups is 1. The van der Waals surface area contributed by atoms with Crippen LogP contribution in [0.25, 0.3) is 0 Å². The lowest BCUT2D eigenvalue weighted by Crippen LogP contribution is -2.18. The predicted octanol–water partition coefficient (Wildman–Crippen LogP) is 1.74. The highest BCUT2D eigenvalue weighted by atomic mass is 16.3. The fourth-order valence-electron chi connectivity index (χ4n) is 1.52. The number of phenolic OH excluding ortho intramolecular Hbond substituents is 1. The van der Waals surface area contributed by atoms with Crippen LogP contribution in [0.15, 0.2) is 53.6 Å². The molecular formula is C14H13N3O2. The number of nitrogens with zero attached hydrogens (tertiary/aromatic N) is 1. The number of benzene rings is 2. The Morgan fingerprint density at radius 2 is 1.84 bits per heavy atom. The zero-order valence-electron chi connectivity index (χ0n) is 10.1. The van der Waals surface area contributed by atoms with E-state index in [9.17, 15) is 9.90 Å². The van der Waals surface area contributed by atoms with Crippen LogP contribution < -0.4 is 11.2 Å². The smallest absolute Gasteiger partial charge is 0.273 e. The van der Waals surface area contributed by atoms with Crippen LogP contribution in [0.5, 0.6) is 5.75 Å². The Morgan fingerprint density at radius 1 is 1.16 bits per heavy atom. The Hall–Kier alpha value is -2.82. The molecule has 2 rings (SSSR count). The number of nitrogens with two attached hydrogens (primary N) is 1. The SMILES string of the molecule is Nc1ccccc1C(=O)N/N=C/c1ccccc1O. The zero-order chi connectivity index (χ0) is 13.7. The lowest BCUT2D eigenvalue weighted by molar-refractivity contribution is 0.0956. The number of hydrogen-bond acceptors (Lipinski definition) is 4. The van der Waals surface area contributed by atoms with Crippen LogP contribution >= 0.6 is 0 Å². The van der Waals surface area contributed by atoms with Crippen LogP contribution in [-0.4, -0.2) is 17.2 Å². The standard InChI is InChI=1S/C14H13N3O2/c15-12-7-3-2-6-11(12)14(19)17-16-9-10-5-1-4-8-13(10)18/h1-9,18H,15H2,(H,17,19)/b16-9+. The van der Waals surface area contributed by atoms with Gasteiger partial charge in [-0.15, -0.1) is 0 Å². The minimum absolute atomic E-state index is 0.0970. The molecule has 0 aliphatic heterocycles. The van der Waals surface area contributed by atoms with Gasteiger partial charge in [-0.1, -0.05) is 24.3 Å². The summed E-state index contributed by atoms with van der Waals surface area (Å²) < 4.78 is 0. The summed E-state index contributed by atoms with van der Waals surface area (Å²) in [6, 6.07) is 13.4. The minimum atomic E-state index is -0.398. The van der Waals surface area contributed by atoms with Crippen LogP contribution in [0.2, 0.25) is 0 Å². The topological polar surface area (TPSA) is 87.7 Å². The van der Waals surface area contributed by atoms with Gasteiger partial charge in [0.15, 0.2) is 0 Å². The van der Waals surface area contributed by atoms with Crippen molar-refractivity contribution in [3.05, 3.63) is 59.7 Å². The third kappa shape index (κ3) is 3.10. The largest absolute Gasteiger partial charge is 0.507 e. The van der Waals surface area contributed by atoms with E-state index in [-0.39, 0.29) is 5.75 Å². The maximum Gasteiger partial charge on any atom is 0.273 e. The van der Waals surface area contributed by atoms with Crippen molar-refractivity contribution in [3.63, 3.8) is 0 Å². The lowest BCUT2D eigenvalue weighted by Gasteiger charge is -2.03. The van der Waals surface area contributed by atoms with Crippen LogP contribution in [0.1, 0.15) is 15.9 Å². The van der Waals surface area contributed by atoms with Crippen molar-refractivity contribution in [1.82, 2.24) is 5.43 Å². The van der Waals surface area contributed by atoms with Crippen molar-refractivity contribution >= 4 is 17.8 Å². The maximum atomic E-state index is 11.8. The van der Waals surface area contributed by atoms with Crippen LogP contribution in [0.3, 0.4) is 0 Å². The number of rotatable bonds is 3. The van der Waals surface area contributed by atoms with Crippen LogP contribution in [-0.2, 0) is 0 Å². The number of para-hydroxylation sites is 2. The Bertz CT molecular complexity index is 624. The first-order chi connectivity index (χ1) is 9.18. The average molecular weight is 255 g/mol. The second-order valence-electron chi connectivity index (χ2n) is 3.85. The highest BCUT2D eigenvalue weighted by Gasteiger charge is 2.06. The van der Waals surface area contributed by atoms with Gasteiger partial charge in [-0.05, 0) is 24.3 Å². The van der Waals surface area contributed by atoms with Crippen molar-refractivity contribution in [2.75, 3.05) is 5.73 Å². The molecule has 0 aliphatic carbocycles. The third-order valence-corrected chi connectivity index (χ3v) is 2.51. The summed E-state index contributed by atoms with van der Waals surface area (Å²) >= 11 is 0. The summed E-state index contributed by atoms with van der Waals surface area (Å²) in [5.41, 5.74) is 9.29. The van der Waals surface area contributed by atoms with Gasteiger partial charge in [0.25, 0.3) is 5.91 Å². The summed E-state index contributed by atoms with van der Waals surface area (Å²) in [5.74, 6) is -0.301. The maximum absolute atomic E-state index is 11.8. The summed E-state index contributed by atoms with van der Waals surface area (Å²) in [4.78, 5) is 11.8.